The van der Waals surface area contributed by atoms with Gasteiger partial charge in [-0.15, -0.1) is 0 Å². The second-order valence-corrected chi connectivity index (χ2v) is 5.59. The minimum absolute atomic E-state index is 0.491. The van der Waals surface area contributed by atoms with Crippen molar-refractivity contribution in [2.45, 2.75) is 45.1 Å². The molecule has 100 valence electrons. The van der Waals surface area contributed by atoms with Crippen LogP contribution in [0.3, 0.4) is 0 Å². The highest BCUT2D eigenvalue weighted by Gasteiger charge is 2.15. The number of hydrogen-bond donors (Lipinski definition) is 1. The molecule has 1 fully saturated rings. The lowest BCUT2D eigenvalue weighted by atomic mass is 9.90. The molecule has 0 amide bonds. The van der Waals surface area contributed by atoms with E-state index in [1.165, 1.54) is 32.1 Å². The summed E-state index contributed by atoms with van der Waals surface area (Å²) in [4.78, 5) is 0. The number of ether oxygens (including phenoxy) is 1. The lowest BCUT2D eigenvalue weighted by Crippen LogP contribution is -2.15. The number of rotatable bonds is 4. The van der Waals surface area contributed by atoms with Crippen LogP contribution in [-0.4, -0.2) is 11.7 Å². The van der Waals surface area contributed by atoms with Crippen LogP contribution in [0, 0.1) is 5.92 Å². The zero-order valence-electron chi connectivity index (χ0n) is 10.9. The molecule has 1 aromatic rings. The number of hydrogen-bond acceptors (Lipinski definition) is 2. The maximum absolute atomic E-state index is 9.47. The number of halogens is 1. The Hall–Kier alpha value is -0.730. The third kappa shape index (κ3) is 3.63. The van der Waals surface area contributed by atoms with Gasteiger partial charge in [0.15, 0.2) is 0 Å². The van der Waals surface area contributed by atoms with E-state index in [0.717, 1.165) is 17.9 Å². The second-order valence-electron chi connectivity index (χ2n) is 5.18. The van der Waals surface area contributed by atoms with E-state index in [4.69, 9.17) is 16.3 Å². The van der Waals surface area contributed by atoms with Gasteiger partial charge in [0, 0.05) is 0 Å². The molecule has 3 heteroatoms. The first-order chi connectivity index (χ1) is 8.66. The summed E-state index contributed by atoms with van der Waals surface area (Å²) in [6.45, 7) is 2.49. The van der Waals surface area contributed by atoms with Crippen molar-refractivity contribution >= 4 is 11.6 Å². The topological polar surface area (TPSA) is 29.5 Å². The van der Waals surface area contributed by atoms with Gasteiger partial charge in [0.1, 0.15) is 5.75 Å². The molecule has 18 heavy (non-hydrogen) atoms. The summed E-state index contributed by atoms with van der Waals surface area (Å²) in [5.74, 6) is 1.40. The summed E-state index contributed by atoms with van der Waals surface area (Å²) in [5, 5.41) is 10.1. The van der Waals surface area contributed by atoms with Gasteiger partial charge in [-0.3, -0.25) is 0 Å². The highest BCUT2D eigenvalue weighted by Crippen LogP contribution is 2.30. The van der Waals surface area contributed by atoms with Crippen LogP contribution in [0.15, 0.2) is 18.2 Å². The normalized spacial score (nSPS) is 18.6. The van der Waals surface area contributed by atoms with E-state index in [9.17, 15) is 5.11 Å². The SMILES string of the molecule is C[C@H](O)c1ccc(OCC2CCCCC2)c(Cl)c1. The Labute approximate surface area is 114 Å². The molecule has 0 bridgehead atoms. The molecule has 1 aliphatic rings. The van der Waals surface area contributed by atoms with E-state index in [1.807, 2.05) is 12.1 Å². The molecule has 0 unspecified atom stereocenters. The molecule has 2 nitrogen and oxygen atoms in total. The van der Waals surface area contributed by atoms with Gasteiger partial charge in [-0.1, -0.05) is 36.9 Å². The highest BCUT2D eigenvalue weighted by atomic mass is 35.5. The quantitative estimate of drug-likeness (QED) is 0.880. The largest absolute Gasteiger partial charge is 0.492 e. The summed E-state index contributed by atoms with van der Waals surface area (Å²) in [5.41, 5.74) is 0.824. The first-order valence-corrected chi connectivity index (χ1v) is 7.15. The fourth-order valence-corrected chi connectivity index (χ4v) is 2.70. The zero-order chi connectivity index (χ0) is 13.0. The van der Waals surface area contributed by atoms with E-state index in [0.29, 0.717) is 10.9 Å². The maximum atomic E-state index is 9.47. The predicted molar refractivity (Wildman–Crippen MR) is 74.2 cm³/mol. The van der Waals surface area contributed by atoms with Crippen molar-refractivity contribution < 1.29 is 9.84 Å². The zero-order valence-corrected chi connectivity index (χ0v) is 11.6. The molecule has 1 aromatic carbocycles. The van der Waals surface area contributed by atoms with Crippen LogP contribution in [0.2, 0.25) is 5.02 Å². The van der Waals surface area contributed by atoms with Crippen molar-refractivity contribution in [2.75, 3.05) is 6.61 Å². The molecular formula is C15H21ClO2. The van der Waals surface area contributed by atoms with Crippen molar-refractivity contribution in [1.82, 2.24) is 0 Å². The molecule has 0 aliphatic heterocycles. The van der Waals surface area contributed by atoms with Crippen LogP contribution >= 0.6 is 11.6 Å². The van der Waals surface area contributed by atoms with E-state index < -0.39 is 6.10 Å². The lowest BCUT2D eigenvalue weighted by Gasteiger charge is -2.22. The first kappa shape index (κ1) is 13.7. The van der Waals surface area contributed by atoms with Gasteiger partial charge >= 0.3 is 0 Å². The Morgan fingerprint density at radius 3 is 2.67 bits per heavy atom. The number of benzene rings is 1. The number of aliphatic hydroxyl groups excluding tert-OH is 1. The van der Waals surface area contributed by atoms with Crippen molar-refractivity contribution in [1.29, 1.82) is 0 Å². The molecule has 1 N–H and O–H groups in total. The number of aliphatic hydroxyl groups is 1. The minimum atomic E-state index is -0.491. The van der Waals surface area contributed by atoms with Crippen molar-refractivity contribution in [2.24, 2.45) is 5.92 Å². The van der Waals surface area contributed by atoms with Gasteiger partial charge in [-0.2, -0.15) is 0 Å². The average molecular weight is 269 g/mol. The third-order valence-electron chi connectivity index (χ3n) is 3.64. The molecule has 0 heterocycles. The van der Waals surface area contributed by atoms with Crippen LogP contribution in [0.4, 0.5) is 0 Å². The maximum Gasteiger partial charge on any atom is 0.137 e. The van der Waals surface area contributed by atoms with Crippen LogP contribution in [0.5, 0.6) is 5.75 Å². The lowest BCUT2D eigenvalue weighted by molar-refractivity contribution is 0.198. The van der Waals surface area contributed by atoms with Gasteiger partial charge in [-0.05, 0) is 43.4 Å². The fraction of sp³-hybridized carbons (Fsp3) is 0.600. The molecule has 0 saturated heterocycles. The van der Waals surface area contributed by atoms with Crippen LogP contribution in [-0.2, 0) is 0 Å². The summed E-state index contributed by atoms with van der Waals surface area (Å²) in [6, 6.07) is 5.50. The first-order valence-electron chi connectivity index (χ1n) is 6.77. The Bertz CT molecular complexity index is 384. The molecule has 1 saturated carbocycles. The Morgan fingerprint density at radius 1 is 1.33 bits per heavy atom. The Kier molecular flexibility index (Phi) is 4.90. The summed E-state index contributed by atoms with van der Waals surface area (Å²) >= 11 is 6.16. The van der Waals surface area contributed by atoms with Crippen molar-refractivity contribution in [3.05, 3.63) is 28.8 Å². The van der Waals surface area contributed by atoms with E-state index >= 15 is 0 Å². The average Bonchev–Trinajstić information content (AvgIpc) is 2.38. The fourth-order valence-electron chi connectivity index (χ4n) is 2.46. The van der Waals surface area contributed by atoms with Gasteiger partial charge in [0.2, 0.25) is 0 Å². The standard InChI is InChI=1S/C15H21ClO2/c1-11(17)13-7-8-15(14(16)9-13)18-10-12-5-3-2-4-6-12/h7-9,11-12,17H,2-6,10H2,1H3/t11-/m0/s1. The smallest absolute Gasteiger partial charge is 0.137 e. The van der Waals surface area contributed by atoms with Gasteiger partial charge < -0.3 is 9.84 Å². The second kappa shape index (κ2) is 6.44. The minimum Gasteiger partial charge on any atom is -0.492 e. The van der Waals surface area contributed by atoms with Gasteiger partial charge in [0.05, 0.1) is 17.7 Å². The van der Waals surface area contributed by atoms with Gasteiger partial charge in [-0.25, -0.2) is 0 Å². The molecule has 0 radical (unpaired) electrons. The monoisotopic (exact) mass is 268 g/mol. The molecular weight excluding hydrogens is 248 g/mol. The van der Waals surface area contributed by atoms with Gasteiger partial charge in [0.25, 0.3) is 0 Å². The Morgan fingerprint density at radius 2 is 2.06 bits per heavy atom. The van der Waals surface area contributed by atoms with E-state index in [-0.39, 0.29) is 0 Å². The summed E-state index contributed by atoms with van der Waals surface area (Å²) < 4.78 is 5.80. The van der Waals surface area contributed by atoms with Crippen LogP contribution in [0.1, 0.15) is 50.7 Å². The summed E-state index contributed by atoms with van der Waals surface area (Å²) in [6.07, 6.45) is 6.05. The van der Waals surface area contributed by atoms with Crippen molar-refractivity contribution in [3.8, 4) is 5.75 Å². The molecule has 2 rings (SSSR count). The van der Waals surface area contributed by atoms with E-state index in [1.54, 1.807) is 13.0 Å². The molecule has 1 aliphatic carbocycles. The molecule has 0 spiro atoms. The summed E-state index contributed by atoms with van der Waals surface area (Å²) in [7, 11) is 0. The Balaban J connectivity index is 1.92. The van der Waals surface area contributed by atoms with Crippen LogP contribution < -0.4 is 4.74 Å². The third-order valence-corrected chi connectivity index (χ3v) is 3.93. The molecule has 0 aromatic heterocycles. The highest BCUT2D eigenvalue weighted by molar-refractivity contribution is 6.32. The van der Waals surface area contributed by atoms with E-state index in [2.05, 4.69) is 0 Å². The molecule has 1 atom stereocenters. The predicted octanol–water partition coefficient (Wildman–Crippen LogP) is 4.35. The van der Waals surface area contributed by atoms with Crippen LogP contribution in [0.25, 0.3) is 0 Å². The van der Waals surface area contributed by atoms with Crippen molar-refractivity contribution in [3.63, 3.8) is 0 Å².